The van der Waals surface area contributed by atoms with Crippen LogP contribution in [0.25, 0.3) is 0 Å². The van der Waals surface area contributed by atoms with Crippen LogP contribution < -0.4 is 0 Å². The van der Waals surface area contributed by atoms with E-state index in [0.717, 1.165) is 0 Å². The van der Waals surface area contributed by atoms with E-state index in [0.29, 0.717) is 6.04 Å². The number of nitrogens with zero attached hydrogens (tertiary/aromatic N) is 1. The molecule has 0 N–H and O–H groups in total. The van der Waals surface area contributed by atoms with E-state index in [1.54, 1.807) is 0 Å². The van der Waals surface area contributed by atoms with Crippen LogP contribution in [0.2, 0.25) is 0 Å². The van der Waals surface area contributed by atoms with Crippen LogP contribution in [-0.2, 0) is 4.74 Å². The van der Waals surface area contributed by atoms with Crippen molar-refractivity contribution in [3.63, 3.8) is 0 Å². The number of ether oxygens (including phenoxy) is 1. The van der Waals surface area contributed by atoms with E-state index in [1.807, 2.05) is 7.11 Å². The first-order valence-electron chi connectivity index (χ1n) is 5.36. The van der Waals surface area contributed by atoms with Crippen molar-refractivity contribution in [2.75, 3.05) is 20.2 Å². The van der Waals surface area contributed by atoms with Crippen LogP contribution in [0.15, 0.2) is 0 Å². The molecule has 0 aromatic heterocycles. The fraction of sp³-hybridized carbons (Fsp3) is 1.00. The summed E-state index contributed by atoms with van der Waals surface area (Å²) in [4.78, 5) is 2.55. The molecule has 1 fully saturated rings. The third kappa shape index (κ3) is 2.96. The van der Waals surface area contributed by atoms with Gasteiger partial charge in [-0.15, -0.1) is 0 Å². The molecule has 1 aliphatic heterocycles. The van der Waals surface area contributed by atoms with Crippen molar-refractivity contribution >= 4 is 0 Å². The first-order chi connectivity index (χ1) is 6.07. The maximum Gasteiger partial charge on any atom is 0.0663 e. The van der Waals surface area contributed by atoms with Crippen molar-refractivity contribution in [1.82, 2.24) is 4.90 Å². The molecular weight excluding hydrogens is 162 g/mol. The number of hydrogen-bond acceptors (Lipinski definition) is 2. The Morgan fingerprint density at radius 2 is 1.92 bits per heavy atom. The summed E-state index contributed by atoms with van der Waals surface area (Å²) in [5.74, 6) is 0. The van der Waals surface area contributed by atoms with Crippen LogP contribution in [0.1, 0.15) is 40.0 Å². The van der Waals surface area contributed by atoms with E-state index >= 15 is 0 Å². The van der Waals surface area contributed by atoms with Crippen molar-refractivity contribution in [3.8, 4) is 0 Å². The lowest BCUT2D eigenvalue weighted by Gasteiger charge is -2.27. The van der Waals surface area contributed by atoms with Gasteiger partial charge in [0.05, 0.1) is 5.60 Å². The van der Waals surface area contributed by atoms with E-state index in [9.17, 15) is 0 Å². The molecule has 0 saturated carbocycles. The maximum absolute atomic E-state index is 5.56. The number of likely N-dealkylation sites (tertiary alicyclic amines) is 1. The minimum Gasteiger partial charge on any atom is -0.378 e. The lowest BCUT2D eigenvalue weighted by atomic mass is 9.97. The van der Waals surface area contributed by atoms with Gasteiger partial charge in [0.2, 0.25) is 0 Å². The minimum atomic E-state index is 0.129. The third-order valence-corrected chi connectivity index (χ3v) is 3.30. The van der Waals surface area contributed by atoms with Gasteiger partial charge in [0, 0.05) is 19.7 Å². The molecule has 0 amide bonds. The zero-order valence-electron chi connectivity index (χ0n) is 9.47. The zero-order chi connectivity index (χ0) is 9.90. The van der Waals surface area contributed by atoms with Crippen molar-refractivity contribution < 1.29 is 4.74 Å². The molecule has 0 radical (unpaired) electrons. The van der Waals surface area contributed by atoms with Gasteiger partial charge in [-0.05, 0) is 46.6 Å². The van der Waals surface area contributed by atoms with E-state index in [1.165, 1.54) is 32.4 Å². The zero-order valence-corrected chi connectivity index (χ0v) is 9.47. The smallest absolute Gasteiger partial charge is 0.0663 e. The van der Waals surface area contributed by atoms with Crippen LogP contribution in [0.3, 0.4) is 0 Å². The van der Waals surface area contributed by atoms with Crippen LogP contribution in [-0.4, -0.2) is 36.7 Å². The second-order valence-electron chi connectivity index (χ2n) is 4.64. The molecule has 1 heterocycles. The number of hydrogen-bond donors (Lipinski definition) is 0. The average molecular weight is 185 g/mol. The molecule has 0 aliphatic carbocycles. The summed E-state index contributed by atoms with van der Waals surface area (Å²) in [5, 5.41) is 0. The summed E-state index contributed by atoms with van der Waals surface area (Å²) in [7, 11) is 1.84. The standard InChI is InChI=1S/C11H23NO/c1-10(2)12-8-5-6-11(3,13-4)7-9-12/h10H,5-9H2,1-4H3. The fourth-order valence-corrected chi connectivity index (χ4v) is 1.99. The van der Waals surface area contributed by atoms with Crippen molar-refractivity contribution in [1.29, 1.82) is 0 Å². The molecule has 0 aromatic carbocycles. The van der Waals surface area contributed by atoms with Crippen LogP contribution >= 0.6 is 0 Å². The quantitative estimate of drug-likeness (QED) is 0.654. The van der Waals surface area contributed by atoms with E-state index in [2.05, 4.69) is 25.7 Å². The Bertz CT molecular complexity index is 158. The lowest BCUT2D eigenvalue weighted by molar-refractivity contribution is -0.00623. The summed E-state index contributed by atoms with van der Waals surface area (Å²) in [6.45, 7) is 9.19. The summed E-state index contributed by atoms with van der Waals surface area (Å²) >= 11 is 0. The SMILES string of the molecule is COC1(C)CCCN(C(C)C)CC1. The molecule has 0 spiro atoms. The van der Waals surface area contributed by atoms with Gasteiger partial charge in [-0.3, -0.25) is 0 Å². The van der Waals surface area contributed by atoms with Crippen LogP contribution in [0.4, 0.5) is 0 Å². The number of rotatable bonds is 2. The molecule has 13 heavy (non-hydrogen) atoms. The molecule has 1 aliphatic rings. The maximum atomic E-state index is 5.56. The highest BCUT2D eigenvalue weighted by Crippen LogP contribution is 2.25. The third-order valence-electron chi connectivity index (χ3n) is 3.30. The molecule has 1 atom stereocenters. The first kappa shape index (κ1) is 11.0. The van der Waals surface area contributed by atoms with Gasteiger partial charge >= 0.3 is 0 Å². The van der Waals surface area contributed by atoms with Gasteiger partial charge in [0.15, 0.2) is 0 Å². The Hall–Kier alpha value is -0.0800. The highest BCUT2D eigenvalue weighted by atomic mass is 16.5. The Balaban J connectivity index is 2.48. The average Bonchev–Trinajstić information content (AvgIpc) is 2.28. The molecule has 1 rings (SSSR count). The summed E-state index contributed by atoms with van der Waals surface area (Å²) in [6, 6.07) is 0.680. The van der Waals surface area contributed by atoms with Crippen molar-refractivity contribution in [2.45, 2.75) is 51.7 Å². The highest BCUT2D eigenvalue weighted by Gasteiger charge is 2.27. The Kier molecular flexibility index (Phi) is 3.74. The van der Waals surface area contributed by atoms with Crippen LogP contribution in [0.5, 0.6) is 0 Å². The predicted molar refractivity (Wildman–Crippen MR) is 56.0 cm³/mol. The van der Waals surface area contributed by atoms with Gasteiger partial charge in [-0.2, -0.15) is 0 Å². The molecule has 1 unspecified atom stereocenters. The van der Waals surface area contributed by atoms with Gasteiger partial charge in [0.1, 0.15) is 0 Å². The largest absolute Gasteiger partial charge is 0.378 e. The second-order valence-corrected chi connectivity index (χ2v) is 4.64. The highest BCUT2D eigenvalue weighted by molar-refractivity contribution is 4.81. The van der Waals surface area contributed by atoms with Gasteiger partial charge in [-0.25, -0.2) is 0 Å². The molecule has 78 valence electrons. The van der Waals surface area contributed by atoms with E-state index < -0.39 is 0 Å². The van der Waals surface area contributed by atoms with E-state index in [-0.39, 0.29) is 5.60 Å². The monoisotopic (exact) mass is 185 g/mol. The van der Waals surface area contributed by atoms with E-state index in [4.69, 9.17) is 4.74 Å². The summed E-state index contributed by atoms with van der Waals surface area (Å²) in [5.41, 5.74) is 0.129. The molecule has 2 heteroatoms. The van der Waals surface area contributed by atoms with Gasteiger partial charge < -0.3 is 9.64 Å². The molecule has 0 aromatic rings. The summed E-state index contributed by atoms with van der Waals surface area (Å²) < 4.78 is 5.56. The Morgan fingerprint density at radius 3 is 2.46 bits per heavy atom. The molecule has 1 saturated heterocycles. The van der Waals surface area contributed by atoms with Gasteiger partial charge in [0.25, 0.3) is 0 Å². The molecule has 0 bridgehead atoms. The molecule has 2 nitrogen and oxygen atoms in total. The number of methoxy groups -OCH3 is 1. The Labute approximate surface area is 82.3 Å². The predicted octanol–water partition coefficient (Wildman–Crippen LogP) is 2.29. The topological polar surface area (TPSA) is 12.5 Å². The lowest BCUT2D eigenvalue weighted by Crippen LogP contribution is -2.33. The second kappa shape index (κ2) is 4.43. The van der Waals surface area contributed by atoms with Crippen molar-refractivity contribution in [2.24, 2.45) is 0 Å². The molecular formula is C11H23NO. The fourth-order valence-electron chi connectivity index (χ4n) is 1.99. The van der Waals surface area contributed by atoms with Crippen LogP contribution in [0, 0.1) is 0 Å². The van der Waals surface area contributed by atoms with Crippen molar-refractivity contribution in [3.05, 3.63) is 0 Å². The Morgan fingerprint density at radius 1 is 1.23 bits per heavy atom. The minimum absolute atomic E-state index is 0.129. The van der Waals surface area contributed by atoms with Gasteiger partial charge in [-0.1, -0.05) is 0 Å². The summed E-state index contributed by atoms with van der Waals surface area (Å²) in [6.07, 6.45) is 3.64. The normalized spacial score (nSPS) is 32.1. The first-order valence-corrected chi connectivity index (χ1v) is 5.36.